The van der Waals surface area contributed by atoms with Gasteiger partial charge in [0.15, 0.2) is 0 Å². The number of halogens is 1. The van der Waals surface area contributed by atoms with Crippen LogP contribution in [0.4, 0.5) is 4.39 Å². The van der Waals surface area contributed by atoms with Gasteiger partial charge in [0.1, 0.15) is 11.4 Å². The Kier molecular flexibility index (Phi) is 4.56. The van der Waals surface area contributed by atoms with Crippen molar-refractivity contribution in [3.63, 3.8) is 0 Å². The molecule has 4 rings (SSSR count). The molecule has 0 spiro atoms. The maximum Gasteiger partial charge on any atom is 0.341 e. The van der Waals surface area contributed by atoms with Crippen LogP contribution < -0.4 is 5.43 Å². The largest absolute Gasteiger partial charge is 0.477 e. The fourth-order valence-corrected chi connectivity index (χ4v) is 3.21. The maximum absolute atomic E-state index is 14.3. The monoisotopic (exact) mass is 389 g/mol. The van der Waals surface area contributed by atoms with Gasteiger partial charge in [0.05, 0.1) is 22.8 Å². The topological polar surface area (TPSA) is 77.1 Å². The lowest BCUT2D eigenvalue weighted by Gasteiger charge is -2.13. The van der Waals surface area contributed by atoms with Crippen LogP contribution >= 0.6 is 0 Å². The van der Waals surface area contributed by atoms with Gasteiger partial charge in [0.2, 0.25) is 5.43 Å². The Morgan fingerprint density at radius 1 is 1.17 bits per heavy atom. The summed E-state index contributed by atoms with van der Waals surface area (Å²) in [6.07, 6.45) is 6.51. The molecule has 0 saturated carbocycles. The zero-order chi connectivity index (χ0) is 20.5. The Morgan fingerprint density at radius 3 is 2.59 bits per heavy atom. The van der Waals surface area contributed by atoms with E-state index in [0.717, 1.165) is 22.9 Å². The van der Waals surface area contributed by atoms with Gasteiger partial charge in [-0.1, -0.05) is 30.9 Å². The van der Waals surface area contributed by atoms with Crippen molar-refractivity contribution in [3.05, 3.63) is 100 Å². The summed E-state index contributed by atoms with van der Waals surface area (Å²) in [6.45, 7) is 3.98. The third-order valence-corrected chi connectivity index (χ3v) is 4.68. The molecule has 0 unspecified atom stereocenters. The molecule has 2 heterocycles. The molecular weight excluding hydrogens is 373 g/mol. The molecular formula is C22H16FN3O3. The molecule has 0 atom stereocenters. The first kappa shape index (κ1) is 18.4. The highest BCUT2D eigenvalue weighted by Crippen LogP contribution is 2.18. The molecule has 0 saturated heterocycles. The SMILES string of the molecule is C=Cc1cnn(-c2ccc(Cn3cc(C(=O)O)c(=O)c4c(F)cccc43)cc2)c1. The third-order valence-electron chi connectivity index (χ3n) is 4.68. The minimum absolute atomic E-state index is 0.225. The van der Waals surface area contributed by atoms with E-state index in [4.69, 9.17) is 0 Å². The molecule has 0 aliphatic rings. The minimum Gasteiger partial charge on any atom is -0.477 e. The van der Waals surface area contributed by atoms with Crippen molar-refractivity contribution >= 4 is 22.9 Å². The lowest BCUT2D eigenvalue weighted by Crippen LogP contribution is -2.20. The predicted octanol–water partition coefficient (Wildman–Crippen LogP) is 3.72. The van der Waals surface area contributed by atoms with Crippen molar-refractivity contribution in [3.8, 4) is 5.69 Å². The number of benzene rings is 2. The van der Waals surface area contributed by atoms with Crippen molar-refractivity contribution in [2.75, 3.05) is 0 Å². The summed E-state index contributed by atoms with van der Waals surface area (Å²) in [5.74, 6) is -2.13. The van der Waals surface area contributed by atoms with Crippen molar-refractivity contribution in [2.24, 2.45) is 0 Å². The molecule has 0 aliphatic carbocycles. The Morgan fingerprint density at radius 2 is 1.93 bits per heavy atom. The number of aromatic nitrogens is 3. The maximum atomic E-state index is 14.3. The van der Waals surface area contributed by atoms with E-state index in [0.29, 0.717) is 5.52 Å². The quantitative estimate of drug-likeness (QED) is 0.564. The van der Waals surface area contributed by atoms with Crippen LogP contribution in [0.1, 0.15) is 21.5 Å². The van der Waals surface area contributed by atoms with Gasteiger partial charge in [-0.05, 0) is 29.8 Å². The second-order valence-corrected chi connectivity index (χ2v) is 6.53. The van der Waals surface area contributed by atoms with Crippen LogP contribution in [0.5, 0.6) is 0 Å². The molecule has 144 valence electrons. The number of aromatic carboxylic acids is 1. The summed E-state index contributed by atoms with van der Waals surface area (Å²) in [5.41, 5.74) is 1.66. The summed E-state index contributed by atoms with van der Waals surface area (Å²) in [7, 11) is 0. The van der Waals surface area contributed by atoms with E-state index >= 15 is 0 Å². The number of carboxylic acids is 1. The minimum atomic E-state index is -1.39. The van der Waals surface area contributed by atoms with Gasteiger partial charge in [0, 0.05) is 24.5 Å². The summed E-state index contributed by atoms with van der Waals surface area (Å²) < 4.78 is 17.5. The van der Waals surface area contributed by atoms with Crippen LogP contribution in [0, 0.1) is 5.82 Å². The molecule has 29 heavy (non-hydrogen) atoms. The normalized spacial score (nSPS) is 10.9. The molecule has 0 fully saturated rings. The van der Waals surface area contributed by atoms with Gasteiger partial charge >= 0.3 is 5.97 Å². The molecule has 6 nitrogen and oxygen atoms in total. The van der Waals surface area contributed by atoms with Crippen LogP contribution in [-0.4, -0.2) is 25.4 Å². The molecule has 0 aliphatic heterocycles. The van der Waals surface area contributed by atoms with E-state index in [1.165, 1.54) is 12.3 Å². The molecule has 4 aromatic rings. The van der Waals surface area contributed by atoms with Gasteiger partial charge in [-0.25, -0.2) is 13.9 Å². The highest BCUT2D eigenvalue weighted by Gasteiger charge is 2.17. The van der Waals surface area contributed by atoms with Crippen molar-refractivity contribution in [1.29, 1.82) is 0 Å². The second kappa shape index (κ2) is 7.20. The first-order valence-corrected chi connectivity index (χ1v) is 8.79. The van der Waals surface area contributed by atoms with E-state index in [-0.39, 0.29) is 11.9 Å². The number of hydrogen-bond donors (Lipinski definition) is 1. The molecule has 0 amide bonds. The molecule has 1 N–H and O–H groups in total. The van der Waals surface area contributed by atoms with Gasteiger partial charge in [-0.3, -0.25) is 4.79 Å². The fourth-order valence-electron chi connectivity index (χ4n) is 3.21. The predicted molar refractivity (Wildman–Crippen MR) is 108 cm³/mol. The number of rotatable bonds is 5. The number of pyridine rings is 1. The van der Waals surface area contributed by atoms with E-state index in [2.05, 4.69) is 11.7 Å². The third kappa shape index (κ3) is 3.34. The Hall–Kier alpha value is -4.00. The Balaban J connectivity index is 1.75. The molecule has 7 heteroatoms. The van der Waals surface area contributed by atoms with Gasteiger partial charge in [-0.15, -0.1) is 0 Å². The lowest BCUT2D eigenvalue weighted by atomic mass is 10.1. The molecule has 0 bridgehead atoms. The first-order valence-electron chi connectivity index (χ1n) is 8.79. The zero-order valence-electron chi connectivity index (χ0n) is 15.2. The van der Waals surface area contributed by atoms with Crippen LogP contribution in [-0.2, 0) is 6.54 Å². The van der Waals surface area contributed by atoms with Gasteiger partial charge in [-0.2, -0.15) is 5.10 Å². The summed E-state index contributed by atoms with van der Waals surface area (Å²) in [5, 5.41) is 13.4. The number of carbonyl (C=O) groups is 1. The fraction of sp³-hybridized carbons (Fsp3) is 0.0455. The summed E-state index contributed by atoms with van der Waals surface area (Å²) >= 11 is 0. The van der Waals surface area contributed by atoms with Crippen molar-refractivity contribution < 1.29 is 14.3 Å². The highest BCUT2D eigenvalue weighted by molar-refractivity contribution is 5.92. The van der Waals surface area contributed by atoms with Crippen LogP contribution in [0.15, 0.2) is 72.4 Å². The van der Waals surface area contributed by atoms with Crippen LogP contribution in [0.3, 0.4) is 0 Å². The van der Waals surface area contributed by atoms with Crippen molar-refractivity contribution in [1.82, 2.24) is 14.3 Å². The Labute approximate surface area is 164 Å². The number of fused-ring (bicyclic) bond motifs is 1. The number of nitrogens with zero attached hydrogens (tertiary/aromatic N) is 3. The lowest BCUT2D eigenvalue weighted by molar-refractivity contribution is 0.0695. The average molecular weight is 389 g/mol. The highest BCUT2D eigenvalue weighted by atomic mass is 19.1. The smallest absolute Gasteiger partial charge is 0.341 e. The zero-order valence-corrected chi connectivity index (χ0v) is 15.2. The van der Waals surface area contributed by atoms with E-state index < -0.39 is 22.8 Å². The second-order valence-electron chi connectivity index (χ2n) is 6.53. The summed E-state index contributed by atoms with van der Waals surface area (Å²) in [4.78, 5) is 23.8. The standard InChI is InChI=1S/C22H16FN3O3/c1-2-14-10-24-26(12-14)16-8-6-15(7-9-16)11-25-13-17(22(28)29)21(27)20-18(23)4-3-5-19(20)25/h2-10,12-13H,1,11H2,(H,28,29). The van der Waals surface area contributed by atoms with Crippen LogP contribution in [0.25, 0.3) is 22.7 Å². The van der Waals surface area contributed by atoms with Gasteiger partial charge in [0.25, 0.3) is 0 Å². The van der Waals surface area contributed by atoms with E-state index in [1.807, 2.05) is 30.5 Å². The Bertz CT molecular complexity index is 1300. The number of carboxylic acid groups (broad SMARTS) is 1. The first-order chi connectivity index (χ1) is 14.0. The van der Waals surface area contributed by atoms with E-state index in [1.54, 1.807) is 27.6 Å². The molecule has 0 radical (unpaired) electrons. The van der Waals surface area contributed by atoms with Crippen LogP contribution in [0.2, 0.25) is 0 Å². The van der Waals surface area contributed by atoms with Gasteiger partial charge < -0.3 is 9.67 Å². The molecule has 2 aromatic carbocycles. The summed E-state index contributed by atoms with van der Waals surface area (Å²) in [6, 6.07) is 11.7. The molecule has 2 aromatic heterocycles. The van der Waals surface area contributed by atoms with E-state index in [9.17, 15) is 19.1 Å². The number of hydrogen-bond acceptors (Lipinski definition) is 3. The van der Waals surface area contributed by atoms with Crippen molar-refractivity contribution in [2.45, 2.75) is 6.54 Å². The average Bonchev–Trinajstić information content (AvgIpc) is 3.19.